The quantitative estimate of drug-likeness (QED) is 0.0948. The highest BCUT2D eigenvalue weighted by atomic mass is 28.4. The van der Waals surface area contributed by atoms with Crippen LogP contribution < -0.4 is 9.64 Å². The molecule has 0 aromatic heterocycles. The highest BCUT2D eigenvalue weighted by Gasteiger charge is 2.40. The Morgan fingerprint density at radius 3 is 1.58 bits per heavy atom. The number of anilines is 1. The van der Waals surface area contributed by atoms with E-state index in [0.717, 1.165) is 56.1 Å². The van der Waals surface area contributed by atoms with Gasteiger partial charge < -0.3 is 40.9 Å². The van der Waals surface area contributed by atoms with Gasteiger partial charge in [-0.15, -0.1) is 0 Å². The molecule has 38 heavy (non-hydrogen) atoms. The fourth-order valence-corrected chi connectivity index (χ4v) is 9.64. The molecule has 11 heteroatoms. The maximum Gasteiger partial charge on any atom is 0.501 e. The third-order valence-corrected chi connectivity index (χ3v) is 12.3. The van der Waals surface area contributed by atoms with Crippen molar-refractivity contribution in [1.82, 2.24) is 0 Å². The molecule has 0 amide bonds. The maximum atomic E-state index is 6.04. The zero-order valence-electron chi connectivity index (χ0n) is 24.5. The molecule has 1 aromatic rings. The summed E-state index contributed by atoms with van der Waals surface area (Å²) in [6, 6.07) is 9.85. The molecule has 220 valence electrons. The van der Waals surface area contributed by atoms with E-state index < -0.39 is 17.6 Å². The third-order valence-electron chi connectivity index (χ3n) is 6.02. The van der Waals surface area contributed by atoms with Crippen molar-refractivity contribution in [1.29, 1.82) is 0 Å². The molecular formula is C27H51NO8Si2. The molecule has 2 rings (SSSR count). The molecule has 1 aliphatic heterocycles. The van der Waals surface area contributed by atoms with E-state index in [2.05, 4.69) is 17.0 Å². The van der Waals surface area contributed by atoms with Crippen molar-refractivity contribution in [3.8, 4) is 5.75 Å². The Kier molecular flexibility index (Phi) is 16.0. The molecule has 0 spiro atoms. The second kappa shape index (κ2) is 18.3. The molecule has 1 saturated heterocycles. The summed E-state index contributed by atoms with van der Waals surface area (Å²) in [5.74, 6) is 0.850. The van der Waals surface area contributed by atoms with E-state index in [0.29, 0.717) is 52.4 Å². The number of benzene rings is 1. The van der Waals surface area contributed by atoms with Crippen LogP contribution in [-0.2, 0) is 31.3 Å². The highest BCUT2D eigenvalue weighted by Crippen LogP contribution is 2.25. The van der Waals surface area contributed by atoms with Gasteiger partial charge in [0, 0.05) is 70.5 Å². The van der Waals surface area contributed by atoms with E-state index in [1.165, 1.54) is 0 Å². The minimum atomic E-state index is -2.65. The topological polar surface area (TPSA) is 80.4 Å². The summed E-state index contributed by atoms with van der Waals surface area (Å²) < 4.78 is 47.5. The summed E-state index contributed by atoms with van der Waals surface area (Å²) in [6.45, 7) is 18.6. The number of hydrogen-bond acceptors (Lipinski definition) is 9. The van der Waals surface area contributed by atoms with Crippen LogP contribution in [0.4, 0.5) is 5.69 Å². The lowest BCUT2D eigenvalue weighted by atomic mass is 10.2. The van der Waals surface area contributed by atoms with Crippen LogP contribution in [0.1, 0.15) is 54.4 Å². The number of rotatable bonds is 24. The zero-order chi connectivity index (χ0) is 27.7. The Labute approximate surface area is 232 Å². The summed E-state index contributed by atoms with van der Waals surface area (Å²) in [5, 5.41) is 0. The molecule has 0 N–H and O–H groups in total. The molecule has 0 saturated carbocycles. The molecule has 1 aromatic carbocycles. The van der Waals surface area contributed by atoms with Crippen LogP contribution in [0.25, 0.3) is 0 Å². The Morgan fingerprint density at radius 2 is 1.16 bits per heavy atom. The SMILES string of the molecule is CCO[Si](CCCOc1ccc(N(CCC[Si](OCC)(OCC)OCC)CC2CO2)cc1)(OCC)OCC. The standard InChI is InChI=1S/C27H51NO8Si2/c1-7-31-37(32-8-2,33-9-3)21-13-19-28(23-27-24-30-27)25-15-17-26(18-16-25)29-20-14-22-38(34-10-4,35-11-5)36-12-6/h15-18,27H,7-14,19-24H2,1-6H3. The van der Waals surface area contributed by atoms with Crippen molar-refractivity contribution < 1.29 is 36.0 Å². The van der Waals surface area contributed by atoms with Crippen molar-refractivity contribution in [2.75, 3.05) is 70.8 Å². The first-order valence-electron chi connectivity index (χ1n) is 14.4. The minimum Gasteiger partial charge on any atom is -0.494 e. The van der Waals surface area contributed by atoms with E-state index in [4.69, 9.17) is 36.0 Å². The second-order valence-electron chi connectivity index (χ2n) is 8.91. The molecular weight excluding hydrogens is 522 g/mol. The van der Waals surface area contributed by atoms with E-state index in [9.17, 15) is 0 Å². The van der Waals surface area contributed by atoms with Crippen LogP contribution in [0, 0.1) is 0 Å². The smallest absolute Gasteiger partial charge is 0.494 e. The highest BCUT2D eigenvalue weighted by molar-refractivity contribution is 6.61. The maximum absolute atomic E-state index is 6.04. The summed E-state index contributed by atoms with van der Waals surface area (Å²) >= 11 is 0. The van der Waals surface area contributed by atoms with Crippen LogP contribution in [0.15, 0.2) is 24.3 Å². The van der Waals surface area contributed by atoms with Crippen LogP contribution in [0.5, 0.6) is 5.75 Å². The van der Waals surface area contributed by atoms with Crippen molar-refractivity contribution in [3.63, 3.8) is 0 Å². The van der Waals surface area contributed by atoms with E-state index >= 15 is 0 Å². The summed E-state index contributed by atoms with van der Waals surface area (Å²) in [4.78, 5) is 2.37. The number of hydrogen-bond donors (Lipinski definition) is 0. The first-order chi connectivity index (χ1) is 18.5. The first-order valence-corrected chi connectivity index (χ1v) is 18.3. The fourth-order valence-electron chi connectivity index (χ4n) is 4.47. The van der Waals surface area contributed by atoms with Gasteiger partial charge in [0.05, 0.1) is 19.3 Å². The van der Waals surface area contributed by atoms with E-state index in [1.54, 1.807) is 0 Å². The molecule has 1 aliphatic rings. The van der Waals surface area contributed by atoms with Gasteiger partial charge >= 0.3 is 17.6 Å². The van der Waals surface area contributed by atoms with Gasteiger partial charge in [0.25, 0.3) is 0 Å². The molecule has 9 nitrogen and oxygen atoms in total. The number of ether oxygens (including phenoxy) is 2. The Balaban J connectivity index is 1.91. The van der Waals surface area contributed by atoms with Gasteiger partial charge in [-0.3, -0.25) is 0 Å². The summed E-state index contributed by atoms with van der Waals surface area (Å²) in [6.07, 6.45) is 2.02. The van der Waals surface area contributed by atoms with Crippen LogP contribution in [0.2, 0.25) is 12.1 Å². The van der Waals surface area contributed by atoms with Crippen LogP contribution >= 0.6 is 0 Å². The number of epoxide rings is 1. The average molecular weight is 574 g/mol. The van der Waals surface area contributed by atoms with Gasteiger partial charge in [-0.1, -0.05) is 0 Å². The van der Waals surface area contributed by atoms with Crippen molar-refractivity contribution >= 4 is 23.3 Å². The largest absolute Gasteiger partial charge is 0.501 e. The van der Waals surface area contributed by atoms with Crippen LogP contribution in [-0.4, -0.2) is 89.7 Å². The Morgan fingerprint density at radius 1 is 0.711 bits per heavy atom. The molecule has 1 heterocycles. The predicted octanol–water partition coefficient (Wildman–Crippen LogP) is 5.15. The minimum absolute atomic E-state index is 0.295. The molecule has 1 atom stereocenters. The molecule has 1 fully saturated rings. The van der Waals surface area contributed by atoms with Gasteiger partial charge in [-0.25, -0.2) is 0 Å². The van der Waals surface area contributed by atoms with Gasteiger partial charge in [0.1, 0.15) is 5.75 Å². The van der Waals surface area contributed by atoms with Gasteiger partial charge in [0.15, 0.2) is 0 Å². The predicted molar refractivity (Wildman–Crippen MR) is 154 cm³/mol. The second-order valence-corrected chi connectivity index (χ2v) is 14.4. The molecule has 0 aliphatic carbocycles. The zero-order valence-corrected chi connectivity index (χ0v) is 26.5. The summed E-state index contributed by atoms with van der Waals surface area (Å²) in [5.41, 5.74) is 1.15. The molecule has 0 radical (unpaired) electrons. The van der Waals surface area contributed by atoms with Gasteiger partial charge in [-0.2, -0.15) is 0 Å². The van der Waals surface area contributed by atoms with Gasteiger partial charge in [-0.05, 0) is 78.6 Å². The Bertz CT molecular complexity index is 704. The lowest BCUT2D eigenvalue weighted by molar-refractivity contribution is 0.0693. The fraction of sp³-hybridized carbons (Fsp3) is 0.778. The van der Waals surface area contributed by atoms with E-state index in [1.807, 2.05) is 53.7 Å². The lowest BCUT2D eigenvalue weighted by Gasteiger charge is -2.30. The van der Waals surface area contributed by atoms with Crippen LogP contribution in [0.3, 0.4) is 0 Å². The van der Waals surface area contributed by atoms with Crippen molar-refractivity contribution in [2.24, 2.45) is 0 Å². The monoisotopic (exact) mass is 573 g/mol. The normalized spacial score (nSPS) is 15.6. The average Bonchev–Trinajstić information content (AvgIpc) is 3.72. The molecule has 0 bridgehead atoms. The first kappa shape index (κ1) is 33.2. The van der Waals surface area contributed by atoms with E-state index in [-0.39, 0.29) is 0 Å². The number of nitrogens with zero attached hydrogens (tertiary/aromatic N) is 1. The van der Waals surface area contributed by atoms with Crippen molar-refractivity contribution in [2.45, 2.75) is 72.6 Å². The third kappa shape index (κ3) is 11.6. The van der Waals surface area contributed by atoms with Crippen molar-refractivity contribution in [3.05, 3.63) is 24.3 Å². The summed E-state index contributed by atoms with van der Waals surface area (Å²) in [7, 11) is -5.28. The Hall–Kier alpha value is -1.03. The van der Waals surface area contributed by atoms with Gasteiger partial charge in [0.2, 0.25) is 0 Å². The lowest BCUT2D eigenvalue weighted by Crippen LogP contribution is -2.46. The molecule has 1 unspecified atom stereocenters.